The van der Waals surface area contributed by atoms with Crippen molar-refractivity contribution in [1.29, 1.82) is 0 Å². The molecule has 2 atom stereocenters. The number of hydrogen-bond donors (Lipinski definition) is 0. The largest absolute Gasteiger partial charge is 0.427 e. The first-order valence-electron chi connectivity index (χ1n) is 10.5. The molecule has 3 aliphatic carbocycles. The van der Waals surface area contributed by atoms with Gasteiger partial charge in [0.05, 0.1) is 26.2 Å². The van der Waals surface area contributed by atoms with Gasteiger partial charge in [0.2, 0.25) is 11.8 Å². The zero-order valence-corrected chi connectivity index (χ0v) is 20.6. The predicted octanol–water partition coefficient (Wildman–Crippen LogP) is 5.02. The molecule has 0 spiro atoms. The monoisotopic (exact) mass is 565 g/mol. The molecule has 5 nitrogen and oxygen atoms in total. The maximum Gasteiger partial charge on any atom is 0.308 e. The fourth-order valence-corrected chi connectivity index (χ4v) is 8.08. The Morgan fingerprint density at radius 2 is 1.24 bits per heavy atom. The van der Waals surface area contributed by atoms with Gasteiger partial charge in [-0.2, -0.15) is 0 Å². The number of esters is 1. The minimum Gasteiger partial charge on any atom is -0.427 e. The molecule has 0 aromatic heterocycles. The highest BCUT2D eigenvalue weighted by Gasteiger charge is 2.72. The second kappa shape index (κ2) is 6.87. The van der Waals surface area contributed by atoms with E-state index in [0.717, 1.165) is 22.3 Å². The van der Waals surface area contributed by atoms with Crippen molar-refractivity contribution in [2.75, 3.05) is 4.90 Å². The third-order valence-electron chi connectivity index (χ3n) is 6.92. The van der Waals surface area contributed by atoms with Crippen molar-refractivity contribution in [3.63, 3.8) is 0 Å². The molecule has 4 aliphatic rings. The molecule has 7 heteroatoms. The number of carbonyl (C=O) groups excluding carboxylic acids is 3. The SMILES string of the molecule is CC(=O)Oc1cccc(N2C(=O)[C@@H]3[C@H](C2=O)C2(Br)c4ccccc4C3(Br)c3ccccc32)c1. The van der Waals surface area contributed by atoms with Crippen LogP contribution in [0.1, 0.15) is 29.2 Å². The number of rotatable bonds is 2. The minimum atomic E-state index is -0.838. The summed E-state index contributed by atoms with van der Waals surface area (Å²) in [5, 5.41) is 0. The van der Waals surface area contributed by atoms with Crippen molar-refractivity contribution in [2.45, 2.75) is 15.6 Å². The number of ether oxygens (including phenoxy) is 1. The number of hydrogen-bond acceptors (Lipinski definition) is 4. The summed E-state index contributed by atoms with van der Waals surface area (Å²) in [5.74, 6) is -2.04. The van der Waals surface area contributed by atoms with Gasteiger partial charge >= 0.3 is 5.97 Å². The van der Waals surface area contributed by atoms with Crippen molar-refractivity contribution in [3.05, 3.63) is 95.1 Å². The van der Waals surface area contributed by atoms with E-state index in [4.69, 9.17) is 4.74 Å². The molecule has 3 aromatic carbocycles. The molecule has 3 aromatic rings. The predicted molar refractivity (Wildman–Crippen MR) is 130 cm³/mol. The van der Waals surface area contributed by atoms with Gasteiger partial charge < -0.3 is 4.74 Å². The van der Waals surface area contributed by atoms with Gasteiger partial charge in [-0.25, -0.2) is 4.90 Å². The molecule has 2 bridgehead atoms. The first-order valence-corrected chi connectivity index (χ1v) is 12.1. The zero-order valence-electron chi connectivity index (χ0n) is 17.4. The zero-order chi connectivity index (χ0) is 23.1. The van der Waals surface area contributed by atoms with E-state index in [1.54, 1.807) is 24.3 Å². The van der Waals surface area contributed by atoms with Crippen LogP contribution in [0.15, 0.2) is 72.8 Å². The Balaban J connectivity index is 1.58. The lowest BCUT2D eigenvalue weighted by molar-refractivity contribution is -0.132. The number of alkyl halides is 2. The maximum absolute atomic E-state index is 14.0. The van der Waals surface area contributed by atoms with E-state index in [-0.39, 0.29) is 17.6 Å². The van der Waals surface area contributed by atoms with Crippen LogP contribution >= 0.6 is 31.9 Å². The van der Waals surface area contributed by atoms with Crippen LogP contribution in [0.5, 0.6) is 5.75 Å². The van der Waals surface area contributed by atoms with Gasteiger partial charge in [0.25, 0.3) is 0 Å². The summed E-state index contributed by atoms with van der Waals surface area (Å²) in [6.45, 7) is 1.31. The third-order valence-corrected chi connectivity index (χ3v) is 9.62. The van der Waals surface area contributed by atoms with Crippen LogP contribution in [0.25, 0.3) is 0 Å². The highest BCUT2D eigenvalue weighted by molar-refractivity contribution is 9.10. The van der Waals surface area contributed by atoms with E-state index in [2.05, 4.69) is 31.9 Å². The summed E-state index contributed by atoms with van der Waals surface area (Å²) in [5.41, 5.74) is 4.33. The molecule has 1 fully saturated rings. The summed E-state index contributed by atoms with van der Waals surface area (Å²) >= 11 is 7.97. The standard InChI is InChI=1S/C26H17Br2NO4/c1-14(30)33-16-8-6-7-15(13-16)29-23(31)21-22(24(29)32)26(28)18-10-3-2-9-17(18)25(21,27)19-11-4-5-12-20(19)26/h2-13,21-22H,1H3/t21-,22+,25?,26?. The van der Waals surface area contributed by atoms with Gasteiger partial charge in [0, 0.05) is 13.0 Å². The second-order valence-corrected chi connectivity index (χ2v) is 11.1. The topological polar surface area (TPSA) is 63.7 Å². The average Bonchev–Trinajstić information content (AvgIpc) is 3.08. The fraction of sp³-hybridized carbons (Fsp3) is 0.192. The average molecular weight is 567 g/mol. The molecule has 164 valence electrons. The molecule has 0 N–H and O–H groups in total. The minimum absolute atomic E-state index is 0.283. The summed E-state index contributed by atoms with van der Waals surface area (Å²) in [7, 11) is 0. The molecular weight excluding hydrogens is 550 g/mol. The molecule has 0 radical (unpaired) electrons. The lowest BCUT2D eigenvalue weighted by Gasteiger charge is -2.55. The van der Waals surface area contributed by atoms with Crippen LogP contribution in [-0.2, 0) is 23.0 Å². The fourth-order valence-electron chi connectivity index (χ4n) is 5.77. The van der Waals surface area contributed by atoms with Crippen molar-refractivity contribution in [2.24, 2.45) is 11.8 Å². The van der Waals surface area contributed by atoms with Crippen LogP contribution in [0, 0.1) is 11.8 Å². The molecule has 0 unspecified atom stereocenters. The second-order valence-electron chi connectivity index (χ2n) is 8.57. The van der Waals surface area contributed by atoms with Gasteiger partial charge in [-0.15, -0.1) is 0 Å². The maximum atomic E-state index is 14.0. The van der Waals surface area contributed by atoms with E-state index in [1.807, 2.05) is 48.5 Å². The van der Waals surface area contributed by atoms with Crippen molar-refractivity contribution in [1.82, 2.24) is 0 Å². The smallest absolute Gasteiger partial charge is 0.308 e. The Morgan fingerprint density at radius 1 is 0.788 bits per heavy atom. The molecule has 1 heterocycles. The van der Waals surface area contributed by atoms with Crippen molar-refractivity contribution < 1.29 is 19.1 Å². The van der Waals surface area contributed by atoms with Gasteiger partial charge in [-0.3, -0.25) is 14.4 Å². The van der Waals surface area contributed by atoms with Crippen LogP contribution < -0.4 is 9.64 Å². The molecular formula is C26H17Br2NO4. The van der Waals surface area contributed by atoms with Crippen LogP contribution in [-0.4, -0.2) is 17.8 Å². The number of amides is 2. The first-order chi connectivity index (χ1) is 15.8. The van der Waals surface area contributed by atoms with Gasteiger partial charge in [0.1, 0.15) is 5.75 Å². The Bertz CT molecular complexity index is 1260. The van der Waals surface area contributed by atoms with Crippen LogP contribution in [0.4, 0.5) is 5.69 Å². The highest BCUT2D eigenvalue weighted by atomic mass is 79.9. The molecule has 2 amide bonds. The highest BCUT2D eigenvalue weighted by Crippen LogP contribution is 2.70. The Kier molecular flexibility index (Phi) is 4.33. The number of imide groups is 1. The van der Waals surface area contributed by atoms with E-state index in [1.165, 1.54) is 11.8 Å². The Hall–Kier alpha value is -2.77. The molecule has 7 rings (SSSR count). The number of benzene rings is 3. The number of anilines is 1. The Morgan fingerprint density at radius 3 is 1.67 bits per heavy atom. The van der Waals surface area contributed by atoms with Crippen molar-refractivity contribution in [3.8, 4) is 5.75 Å². The van der Waals surface area contributed by atoms with Gasteiger partial charge in [-0.05, 0) is 34.4 Å². The summed E-state index contributed by atoms with van der Waals surface area (Å²) in [6.07, 6.45) is 0. The normalized spacial score (nSPS) is 28.9. The third kappa shape index (κ3) is 2.49. The molecule has 1 aliphatic heterocycles. The van der Waals surface area contributed by atoms with E-state index in [9.17, 15) is 14.4 Å². The first kappa shape index (κ1) is 20.8. The summed E-state index contributed by atoms with van der Waals surface area (Å²) in [4.78, 5) is 40.6. The molecule has 0 saturated carbocycles. The lowest BCUT2D eigenvalue weighted by atomic mass is 9.54. The summed E-state index contributed by atoms with van der Waals surface area (Å²) < 4.78 is 3.52. The number of carbonyl (C=O) groups is 3. The Labute approximate surface area is 207 Å². The van der Waals surface area contributed by atoms with Gasteiger partial charge in [0.15, 0.2) is 0 Å². The van der Waals surface area contributed by atoms with Crippen molar-refractivity contribution >= 4 is 55.3 Å². The van der Waals surface area contributed by atoms with Gasteiger partial charge in [-0.1, -0.05) is 86.5 Å². The van der Waals surface area contributed by atoms with E-state index < -0.39 is 26.5 Å². The van der Waals surface area contributed by atoms with Crippen LogP contribution in [0.2, 0.25) is 0 Å². The lowest BCUT2D eigenvalue weighted by Crippen LogP contribution is -2.56. The van der Waals surface area contributed by atoms with E-state index >= 15 is 0 Å². The molecule has 1 saturated heterocycles. The molecule has 33 heavy (non-hydrogen) atoms. The van der Waals surface area contributed by atoms with Crippen LogP contribution in [0.3, 0.4) is 0 Å². The quantitative estimate of drug-likeness (QED) is 0.189. The van der Waals surface area contributed by atoms with E-state index in [0.29, 0.717) is 5.69 Å². The summed E-state index contributed by atoms with van der Waals surface area (Å²) in [6, 6.07) is 22.4. The number of nitrogens with zero attached hydrogens (tertiary/aromatic N) is 1. The number of halogens is 2.